The molecule has 1 aromatic heterocycles. The summed E-state index contributed by atoms with van der Waals surface area (Å²) >= 11 is 0. The van der Waals surface area contributed by atoms with Crippen LogP contribution in [0.2, 0.25) is 0 Å². The van der Waals surface area contributed by atoms with Crippen LogP contribution < -0.4 is 4.57 Å². The van der Waals surface area contributed by atoms with Crippen LogP contribution in [0.15, 0.2) is 77.8 Å². The van der Waals surface area contributed by atoms with Crippen LogP contribution in [0.3, 0.4) is 0 Å². The van der Waals surface area contributed by atoms with Crippen molar-refractivity contribution >= 4 is 15.9 Å². The number of carbonyl (C=O) groups is 1. The summed E-state index contributed by atoms with van der Waals surface area (Å²) in [5.74, 6) is -0.123. The van der Waals surface area contributed by atoms with Crippen LogP contribution in [0, 0.1) is 0 Å². The third kappa shape index (κ3) is 3.87. The molecular formula is C20H18NO4S+. The van der Waals surface area contributed by atoms with Crippen LogP contribution in [-0.2, 0) is 16.7 Å². The molecule has 0 amide bonds. The highest BCUT2D eigenvalue weighted by molar-refractivity contribution is 7.86. The van der Waals surface area contributed by atoms with E-state index in [4.69, 9.17) is 0 Å². The number of pyridine rings is 1. The van der Waals surface area contributed by atoms with E-state index in [0.29, 0.717) is 23.4 Å². The average Bonchev–Trinajstić information content (AvgIpc) is 2.62. The van der Waals surface area contributed by atoms with Crippen molar-refractivity contribution in [2.24, 2.45) is 0 Å². The molecule has 0 fully saturated rings. The smallest absolute Gasteiger partial charge is 0.295 e. The van der Waals surface area contributed by atoms with Crippen molar-refractivity contribution in [2.45, 2.75) is 18.4 Å². The van der Waals surface area contributed by atoms with Gasteiger partial charge in [-0.1, -0.05) is 42.5 Å². The van der Waals surface area contributed by atoms with E-state index >= 15 is 0 Å². The Morgan fingerprint density at radius 3 is 2.31 bits per heavy atom. The average molecular weight is 368 g/mol. The number of carbonyl (C=O) groups excluding carboxylic acids is 1. The second-order valence-corrected chi connectivity index (χ2v) is 7.33. The lowest BCUT2D eigenvalue weighted by atomic mass is 10.1. The molecule has 0 aliphatic heterocycles. The molecule has 5 nitrogen and oxygen atoms in total. The van der Waals surface area contributed by atoms with E-state index in [0.717, 1.165) is 5.56 Å². The van der Waals surface area contributed by atoms with Gasteiger partial charge in [-0.05, 0) is 19.1 Å². The number of Topliss-reactive ketones (excluding diaryl/α,β-unsaturated/α-hetero) is 1. The Bertz CT molecular complexity index is 1060. The van der Waals surface area contributed by atoms with E-state index in [1.165, 1.54) is 13.0 Å². The first kappa shape index (κ1) is 18.0. The van der Waals surface area contributed by atoms with Gasteiger partial charge in [-0.2, -0.15) is 13.0 Å². The maximum absolute atomic E-state index is 11.8. The van der Waals surface area contributed by atoms with Crippen LogP contribution in [0.4, 0.5) is 0 Å². The number of aromatic nitrogens is 1. The van der Waals surface area contributed by atoms with Gasteiger partial charge >= 0.3 is 0 Å². The predicted molar refractivity (Wildman–Crippen MR) is 97.4 cm³/mol. The SMILES string of the molecule is CC(=O)c1cc[n+](Cc2ccccc2)c(-c2ccccc2S(=O)(=O)O)c1. The lowest BCUT2D eigenvalue weighted by Crippen LogP contribution is -2.37. The number of nitrogens with zero attached hydrogens (tertiary/aromatic N) is 1. The number of benzene rings is 2. The highest BCUT2D eigenvalue weighted by atomic mass is 32.2. The first-order valence-corrected chi connectivity index (χ1v) is 9.45. The summed E-state index contributed by atoms with van der Waals surface area (Å²) in [7, 11) is -4.40. The molecule has 0 unspecified atom stereocenters. The Labute approximate surface area is 152 Å². The zero-order valence-electron chi connectivity index (χ0n) is 14.2. The molecule has 1 heterocycles. The maximum Gasteiger partial charge on any atom is 0.295 e. The molecular weight excluding hydrogens is 350 g/mol. The van der Waals surface area contributed by atoms with Crippen molar-refractivity contribution < 1.29 is 22.3 Å². The lowest BCUT2D eigenvalue weighted by Gasteiger charge is -2.09. The molecule has 0 bridgehead atoms. The molecule has 0 spiro atoms. The van der Waals surface area contributed by atoms with Crippen molar-refractivity contribution in [1.82, 2.24) is 0 Å². The zero-order chi connectivity index (χ0) is 18.7. The number of hydrogen-bond acceptors (Lipinski definition) is 3. The van der Waals surface area contributed by atoms with Crippen LogP contribution in [-0.4, -0.2) is 18.8 Å². The fourth-order valence-electron chi connectivity index (χ4n) is 2.80. The first-order valence-electron chi connectivity index (χ1n) is 8.01. The van der Waals surface area contributed by atoms with Crippen molar-refractivity contribution in [2.75, 3.05) is 0 Å². The number of rotatable bonds is 5. The maximum atomic E-state index is 11.8. The van der Waals surface area contributed by atoms with Gasteiger partial charge in [0.05, 0.1) is 5.56 Å². The van der Waals surface area contributed by atoms with Crippen molar-refractivity contribution in [3.63, 3.8) is 0 Å². The van der Waals surface area contributed by atoms with Gasteiger partial charge in [-0.15, -0.1) is 0 Å². The molecule has 3 rings (SSSR count). The summed E-state index contributed by atoms with van der Waals surface area (Å²) in [6.45, 7) is 1.95. The molecule has 0 atom stereocenters. The Hall–Kier alpha value is -2.83. The van der Waals surface area contributed by atoms with E-state index in [1.54, 1.807) is 36.5 Å². The molecule has 26 heavy (non-hydrogen) atoms. The molecule has 0 aliphatic carbocycles. The minimum Gasteiger partial charge on any atom is -0.295 e. The van der Waals surface area contributed by atoms with Gasteiger partial charge in [0.2, 0.25) is 5.69 Å². The Balaban J connectivity index is 2.22. The molecule has 0 radical (unpaired) electrons. The molecule has 1 N–H and O–H groups in total. The number of hydrogen-bond donors (Lipinski definition) is 1. The van der Waals surface area contributed by atoms with Crippen LogP contribution in [0.5, 0.6) is 0 Å². The molecule has 0 saturated carbocycles. The fraction of sp³-hybridized carbons (Fsp3) is 0.100. The third-order valence-electron chi connectivity index (χ3n) is 4.08. The van der Waals surface area contributed by atoms with Crippen LogP contribution in [0.1, 0.15) is 22.8 Å². The Kier molecular flexibility index (Phi) is 4.97. The summed E-state index contributed by atoms with van der Waals surface area (Å²) in [4.78, 5) is 11.6. The third-order valence-corrected chi connectivity index (χ3v) is 4.99. The largest absolute Gasteiger partial charge is 0.295 e. The van der Waals surface area contributed by atoms with Gasteiger partial charge in [0.1, 0.15) is 4.90 Å². The first-order chi connectivity index (χ1) is 12.4. The highest BCUT2D eigenvalue weighted by Crippen LogP contribution is 2.25. The summed E-state index contributed by atoms with van der Waals surface area (Å²) in [5, 5.41) is 0. The summed E-state index contributed by atoms with van der Waals surface area (Å²) in [6.07, 6.45) is 1.75. The molecule has 0 aliphatic rings. The predicted octanol–water partition coefficient (Wildman–Crippen LogP) is 3.14. The van der Waals surface area contributed by atoms with Crippen molar-refractivity contribution in [3.05, 3.63) is 84.1 Å². The van der Waals surface area contributed by atoms with E-state index in [-0.39, 0.29) is 10.7 Å². The normalized spacial score (nSPS) is 11.3. The topological polar surface area (TPSA) is 75.3 Å². The highest BCUT2D eigenvalue weighted by Gasteiger charge is 2.23. The quantitative estimate of drug-likeness (QED) is 0.426. The minimum absolute atomic E-state index is 0.123. The summed E-state index contributed by atoms with van der Waals surface area (Å²) < 4.78 is 35.0. The molecule has 0 saturated heterocycles. The van der Waals surface area contributed by atoms with Gasteiger partial charge in [0.15, 0.2) is 18.5 Å². The van der Waals surface area contributed by atoms with Crippen LogP contribution in [0.25, 0.3) is 11.3 Å². The van der Waals surface area contributed by atoms with E-state index < -0.39 is 10.1 Å². The van der Waals surface area contributed by atoms with Gasteiger partial charge in [0, 0.05) is 23.3 Å². The molecule has 3 aromatic rings. The van der Waals surface area contributed by atoms with E-state index in [1.807, 2.05) is 34.9 Å². The second-order valence-electron chi connectivity index (χ2n) is 5.94. The fourth-order valence-corrected chi connectivity index (χ4v) is 3.50. The second kappa shape index (κ2) is 7.19. The summed E-state index contributed by atoms with van der Waals surface area (Å²) in [6, 6.07) is 19.2. The minimum atomic E-state index is -4.40. The zero-order valence-corrected chi connectivity index (χ0v) is 15.0. The van der Waals surface area contributed by atoms with Crippen LogP contribution >= 0.6 is 0 Å². The van der Waals surface area contributed by atoms with E-state index in [2.05, 4.69) is 0 Å². The number of ketones is 1. The van der Waals surface area contributed by atoms with Crippen molar-refractivity contribution in [1.29, 1.82) is 0 Å². The summed E-state index contributed by atoms with van der Waals surface area (Å²) in [5.41, 5.74) is 2.37. The van der Waals surface area contributed by atoms with E-state index in [9.17, 15) is 17.8 Å². The molecule has 6 heteroatoms. The van der Waals surface area contributed by atoms with Gasteiger partial charge < -0.3 is 0 Å². The Morgan fingerprint density at radius 1 is 1.00 bits per heavy atom. The lowest BCUT2D eigenvalue weighted by molar-refractivity contribution is -0.677. The van der Waals surface area contributed by atoms with Crippen molar-refractivity contribution in [3.8, 4) is 11.3 Å². The van der Waals surface area contributed by atoms with Gasteiger partial charge in [-0.3, -0.25) is 9.35 Å². The van der Waals surface area contributed by atoms with Gasteiger partial charge in [0.25, 0.3) is 10.1 Å². The Morgan fingerprint density at radius 2 is 1.65 bits per heavy atom. The monoisotopic (exact) mass is 368 g/mol. The standard InChI is InChI=1S/C20H17NO4S/c1-15(22)17-11-12-21(14-16-7-3-2-4-8-16)19(13-17)18-9-5-6-10-20(18)26(23,24)25/h2-13H,14H2,1H3/p+1. The molecule has 132 valence electrons. The molecule has 2 aromatic carbocycles. The van der Waals surface area contributed by atoms with Gasteiger partial charge in [-0.25, -0.2) is 0 Å².